The molecule has 1 heterocycles. The second-order valence-electron chi connectivity index (χ2n) is 5.74. The molecule has 0 aliphatic carbocycles. The van der Waals surface area contributed by atoms with E-state index >= 15 is 0 Å². The third-order valence-corrected chi connectivity index (χ3v) is 6.01. The number of rotatable bonds is 3. The molecular formula is C14H21NO3S. The summed E-state index contributed by atoms with van der Waals surface area (Å²) >= 11 is 0. The van der Waals surface area contributed by atoms with Gasteiger partial charge in [-0.15, -0.1) is 0 Å². The van der Waals surface area contributed by atoms with Gasteiger partial charge in [-0.05, 0) is 56.9 Å². The standard InChI is InChI=1S/C14H21NO3S/c1-11-5-6-13(9-12(11)10-16)19(17,18)15-8-4-7-14(15,2)3/h5-6,9,16H,4,7-8,10H2,1-3H3. The lowest BCUT2D eigenvalue weighted by Gasteiger charge is -2.30. The van der Waals surface area contributed by atoms with E-state index in [1.807, 2.05) is 20.8 Å². The first-order valence-corrected chi connectivity index (χ1v) is 7.96. The van der Waals surface area contributed by atoms with E-state index in [1.165, 1.54) is 0 Å². The van der Waals surface area contributed by atoms with Gasteiger partial charge in [0, 0.05) is 12.1 Å². The molecule has 0 spiro atoms. The summed E-state index contributed by atoms with van der Waals surface area (Å²) in [5.74, 6) is 0. The van der Waals surface area contributed by atoms with Crippen LogP contribution in [0.1, 0.15) is 37.8 Å². The lowest BCUT2D eigenvalue weighted by molar-refractivity contribution is 0.280. The van der Waals surface area contributed by atoms with Crippen molar-refractivity contribution < 1.29 is 13.5 Å². The Morgan fingerprint density at radius 3 is 2.58 bits per heavy atom. The quantitative estimate of drug-likeness (QED) is 0.923. The van der Waals surface area contributed by atoms with Crippen LogP contribution >= 0.6 is 0 Å². The minimum absolute atomic E-state index is 0.140. The second-order valence-corrected chi connectivity index (χ2v) is 7.60. The van der Waals surface area contributed by atoms with E-state index in [1.54, 1.807) is 22.5 Å². The molecule has 1 aliphatic heterocycles. The van der Waals surface area contributed by atoms with Gasteiger partial charge < -0.3 is 5.11 Å². The topological polar surface area (TPSA) is 57.6 Å². The zero-order chi connectivity index (χ0) is 14.3. The molecule has 0 unspecified atom stereocenters. The van der Waals surface area contributed by atoms with Crippen LogP contribution < -0.4 is 0 Å². The Morgan fingerprint density at radius 2 is 2.05 bits per heavy atom. The summed E-state index contributed by atoms with van der Waals surface area (Å²) in [6.07, 6.45) is 1.77. The molecule has 0 bridgehead atoms. The minimum Gasteiger partial charge on any atom is -0.392 e. The molecule has 0 saturated carbocycles. The van der Waals surface area contributed by atoms with Crippen LogP contribution in [0.4, 0.5) is 0 Å². The Kier molecular flexibility index (Phi) is 3.73. The predicted molar refractivity (Wildman–Crippen MR) is 74.3 cm³/mol. The number of aryl methyl sites for hydroxylation is 1. The van der Waals surface area contributed by atoms with Gasteiger partial charge in [-0.25, -0.2) is 8.42 Å². The molecule has 0 radical (unpaired) electrons. The van der Waals surface area contributed by atoms with Crippen molar-refractivity contribution in [2.45, 2.75) is 50.7 Å². The van der Waals surface area contributed by atoms with Crippen LogP contribution in [0.5, 0.6) is 0 Å². The molecule has 1 aliphatic rings. The van der Waals surface area contributed by atoms with Crippen molar-refractivity contribution in [2.24, 2.45) is 0 Å². The molecule has 1 aromatic rings. The van der Waals surface area contributed by atoms with Gasteiger partial charge in [-0.2, -0.15) is 4.31 Å². The van der Waals surface area contributed by atoms with Gasteiger partial charge in [0.1, 0.15) is 0 Å². The number of benzene rings is 1. The highest BCUT2D eigenvalue weighted by atomic mass is 32.2. The first-order valence-electron chi connectivity index (χ1n) is 6.52. The van der Waals surface area contributed by atoms with Gasteiger partial charge in [-0.1, -0.05) is 6.07 Å². The summed E-state index contributed by atoms with van der Waals surface area (Å²) in [6, 6.07) is 4.96. The predicted octanol–water partition coefficient (Wildman–Crippen LogP) is 2.05. The van der Waals surface area contributed by atoms with Crippen molar-refractivity contribution in [1.82, 2.24) is 4.31 Å². The molecule has 0 aromatic heterocycles. The molecule has 19 heavy (non-hydrogen) atoms. The molecule has 2 rings (SSSR count). The van der Waals surface area contributed by atoms with Crippen LogP contribution in [0.3, 0.4) is 0 Å². The van der Waals surface area contributed by atoms with Crippen molar-refractivity contribution in [3.05, 3.63) is 29.3 Å². The fraction of sp³-hybridized carbons (Fsp3) is 0.571. The second kappa shape index (κ2) is 4.89. The number of sulfonamides is 1. The number of aliphatic hydroxyl groups is 1. The van der Waals surface area contributed by atoms with Gasteiger partial charge in [0.15, 0.2) is 0 Å². The summed E-state index contributed by atoms with van der Waals surface area (Å²) < 4.78 is 26.9. The van der Waals surface area contributed by atoms with Crippen LogP contribution in [0.15, 0.2) is 23.1 Å². The van der Waals surface area contributed by atoms with Crippen molar-refractivity contribution in [3.63, 3.8) is 0 Å². The molecule has 1 saturated heterocycles. The van der Waals surface area contributed by atoms with Crippen LogP contribution in [0.2, 0.25) is 0 Å². The maximum Gasteiger partial charge on any atom is 0.243 e. The molecule has 106 valence electrons. The molecule has 0 amide bonds. The minimum atomic E-state index is -3.47. The summed E-state index contributed by atoms with van der Waals surface area (Å²) in [6.45, 7) is 6.20. The van der Waals surface area contributed by atoms with Crippen molar-refractivity contribution in [3.8, 4) is 0 Å². The number of nitrogens with zero attached hydrogens (tertiary/aromatic N) is 1. The fourth-order valence-electron chi connectivity index (χ4n) is 2.63. The average Bonchev–Trinajstić information content (AvgIpc) is 2.70. The first-order chi connectivity index (χ1) is 8.79. The van der Waals surface area contributed by atoms with Gasteiger partial charge in [-0.3, -0.25) is 0 Å². The molecule has 1 aromatic carbocycles. The number of hydrogen-bond donors (Lipinski definition) is 1. The summed E-state index contributed by atoms with van der Waals surface area (Å²) in [5.41, 5.74) is 1.24. The molecule has 5 heteroatoms. The van der Waals surface area contributed by atoms with E-state index in [0.29, 0.717) is 12.1 Å². The van der Waals surface area contributed by atoms with Crippen LogP contribution in [0.25, 0.3) is 0 Å². The first kappa shape index (κ1) is 14.5. The smallest absolute Gasteiger partial charge is 0.243 e. The highest BCUT2D eigenvalue weighted by Crippen LogP contribution is 2.34. The van der Waals surface area contributed by atoms with Gasteiger partial charge >= 0.3 is 0 Å². The molecule has 1 N–H and O–H groups in total. The summed E-state index contributed by atoms with van der Waals surface area (Å²) in [5, 5.41) is 9.27. The number of hydrogen-bond acceptors (Lipinski definition) is 3. The molecular weight excluding hydrogens is 262 g/mol. The van der Waals surface area contributed by atoms with Crippen LogP contribution in [-0.4, -0.2) is 29.9 Å². The Morgan fingerprint density at radius 1 is 1.37 bits per heavy atom. The van der Waals surface area contributed by atoms with Crippen LogP contribution in [0, 0.1) is 6.92 Å². The third-order valence-electron chi connectivity index (χ3n) is 3.90. The third kappa shape index (κ3) is 2.55. The monoisotopic (exact) mass is 283 g/mol. The zero-order valence-electron chi connectivity index (χ0n) is 11.7. The van der Waals surface area contributed by atoms with E-state index in [2.05, 4.69) is 0 Å². The highest BCUT2D eigenvalue weighted by molar-refractivity contribution is 7.89. The Labute approximate surface area is 115 Å². The van der Waals surface area contributed by atoms with E-state index in [9.17, 15) is 13.5 Å². The SMILES string of the molecule is Cc1ccc(S(=O)(=O)N2CCCC2(C)C)cc1CO. The lowest BCUT2D eigenvalue weighted by atomic mass is 10.0. The van der Waals surface area contributed by atoms with E-state index in [4.69, 9.17) is 0 Å². The van der Waals surface area contributed by atoms with E-state index < -0.39 is 10.0 Å². The fourth-order valence-corrected chi connectivity index (χ4v) is 4.53. The lowest BCUT2D eigenvalue weighted by Crippen LogP contribution is -2.42. The maximum atomic E-state index is 12.7. The highest BCUT2D eigenvalue weighted by Gasteiger charge is 2.40. The summed E-state index contributed by atoms with van der Waals surface area (Å²) in [4.78, 5) is 0.275. The molecule has 4 nitrogen and oxygen atoms in total. The zero-order valence-corrected chi connectivity index (χ0v) is 12.5. The maximum absolute atomic E-state index is 12.7. The normalized spacial score (nSPS) is 19.8. The van der Waals surface area contributed by atoms with Crippen molar-refractivity contribution >= 4 is 10.0 Å². The van der Waals surface area contributed by atoms with Gasteiger partial charge in [0.05, 0.1) is 11.5 Å². The van der Waals surface area contributed by atoms with Crippen LogP contribution in [-0.2, 0) is 16.6 Å². The largest absolute Gasteiger partial charge is 0.392 e. The van der Waals surface area contributed by atoms with Crippen molar-refractivity contribution in [1.29, 1.82) is 0 Å². The Balaban J connectivity index is 2.45. The van der Waals surface area contributed by atoms with Crippen molar-refractivity contribution in [2.75, 3.05) is 6.54 Å². The van der Waals surface area contributed by atoms with E-state index in [0.717, 1.165) is 18.4 Å². The van der Waals surface area contributed by atoms with Gasteiger partial charge in [0.25, 0.3) is 0 Å². The average molecular weight is 283 g/mol. The molecule has 0 atom stereocenters. The molecule has 1 fully saturated rings. The summed E-state index contributed by atoms with van der Waals surface area (Å²) in [7, 11) is -3.47. The Hall–Kier alpha value is -0.910. The van der Waals surface area contributed by atoms with Gasteiger partial charge in [0.2, 0.25) is 10.0 Å². The Bertz CT molecular complexity index is 578. The van der Waals surface area contributed by atoms with E-state index in [-0.39, 0.29) is 17.0 Å². The number of aliphatic hydroxyl groups excluding tert-OH is 1.